The summed E-state index contributed by atoms with van der Waals surface area (Å²) in [5.74, 6) is 2.59. The topological polar surface area (TPSA) is 95.5 Å². The van der Waals surface area contributed by atoms with Crippen LogP contribution in [0.5, 0.6) is 11.5 Å². The van der Waals surface area contributed by atoms with Crippen molar-refractivity contribution in [3.63, 3.8) is 0 Å². The number of benzene rings is 2. The van der Waals surface area contributed by atoms with Crippen molar-refractivity contribution in [2.75, 3.05) is 46.4 Å². The molecule has 0 amide bonds. The van der Waals surface area contributed by atoms with E-state index in [9.17, 15) is 12.9 Å². The number of methoxy groups -OCH3 is 2. The Morgan fingerprint density at radius 1 is 0.905 bits per heavy atom. The number of fused-ring (bicyclic) bond motifs is 1. The van der Waals surface area contributed by atoms with E-state index >= 15 is 0 Å². The number of hydrogen-bond donors (Lipinski definition) is 0. The molecule has 0 N–H and O–H groups in total. The minimum Gasteiger partial charge on any atom is -0.662 e. The maximum absolute atomic E-state index is 9.67. The van der Waals surface area contributed by atoms with Crippen LogP contribution in [0.3, 0.4) is 0 Å². The third-order valence-corrected chi connectivity index (χ3v) is 6.15. The van der Waals surface area contributed by atoms with E-state index in [0.29, 0.717) is 13.2 Å². The molecule has 0 aliphatic rings. The number of hydrogen-bond acceptors (Lipinski definition) is 10. The van der Waals surface area contributed by atoms with Crippen LogP contribution in [0.15, 0.2) is 58.8 Å². The normalized spacial score (nSPS) is 9.21. The maximum atomic E-state index is 9.67. The van der Waals surface area contributed by atoms with Gasteiger partial charge in [0.1, 0.15) is 11.5 Å². The van der Waals surface area contributed by atoms with Crippen molar-refractivity contribution in [2.45, 2.75) is 38.9 Å². The first kappa shape index (κ1) is 44.9. The van der Waals surface area contributed by atoms with E-state index in [0.717, 1.165) is 35.4 Å². The molecule has 0 spiro atoms. The zero-order valence-corrected chi connectivity index (χ0v) is 28.8. The Balaban J connectivity index is -0.000000520. The smallest absolute Gasteiger partial charge is 0.662 e. The van der Waals surface area contributed by atoms with E-state index in [4.69, 9.17) is 33.7 Å². The average molecular weight is 647 g/mol. The fraction of sp³-hybridized carbons (Fsp3) is 0.444. The number of ether oxygens (including phenoxy) is 5. The number of halogens is 3. The van der Waals surface area contributed by atoms with Crippen molar-refractivity contribution in [2.24, 2.45) is 0 Å². The fourth-order valence-corrected chi connectivity index (χ4v) is 4.35. The molecular formula is C27H39BF3NaO8S2. The maximum Gasteiger partial charge on any atom is 1.00 e. The molecule has 0 radical (unpaired) electrons. The molecule has 0 aliphatic heterocycles. The molecule has 0 unspecified atom stereocenters. The van der Waals surface area contributed by atoms with Crippen LogP contribution in [0.4, 0.5) is 12.9 Å². The van der Waals surface area contributed by atoms with Gasteiger partial charge < -0.3 is 33.8 Å². The van der Waals surface area contributed by atoms with Gasteiger partial charge in [0.2, 0.25) is 0 Å². The molecular weight excluding hydrogens is 607 g/mol. The predicted octanol–water partition coefficient (Wildman–Crippen LogP) is 3.46. The van der Waals surface area contributed by atoms with Crippen molar-refractivity contribution < 1.29 is 81.1 Å². The van der Waals surface area contributed by atoms with Crippen molar-refractivity contribution >= 4 is 47.2 Å². The fourth-order valence-electron chi connectivity index (χ4n) is 2.64. The second kappa shape index (κ2) is 32.4. The van der Waals surface area contributed by atoms with Gasteiger partial charge in [0, 0.05) is 41.8 Å². The van der Waals surface area contributed by atoms with Gasteiger partial charge in [-0.1, -0.05) is 6.07 Å². The second-order valence-electron chi connectivity index (χ2n) is 6.88. The van der Waals surface area contributed by atoms with Gasteiger partial charge in [0.25, 0.3) is 6.47 Å². The van der Waals surface area contributed by atoms with Crippen LogP contribution in [0.25, 0.3) is 10.1 Å². The Kier molecular flexibility index (Phi) is 34.7. The first-order chi connectivity index (χ1) is 19.8. The number of carbonyl (C=O) groups excluding carboxylic acids is 1. The zero-order valence-electron chi connectivity index (χ0n) is 25.2. The first-order valence-corrected chi connectivity index (χ1v) is 14.4. The van der Waals surface area contributed by atoms with Crippen LogP contribution < -0.4 is 44.3 Å². The molecule has 3 aromatic rings. The number of thiophene rings is 1. The largest absolute Gasteiger partial charge is 1.00 e. The van der Waals surface area contributed by atoms with Crippen LogP contribution in [-0.4, -0.2) is 66.7 Å². The van der Waals surface area contributed by atoms with E-state index < -0.39 is 7.54 Å². The predicted molar refractivity (Wildman–Crippen MR) is 158 cm³/mol. The molecule has 42 heavy (non-hydrogen) atoms. The van der Waals surface area contributed by atoms with Gasteiger partial charge in [0.05, 0.1) is 14.2 Å². The van der Waals surface area contributed by atoms with E-state index in [-0.39, 0.29) is 42.3 Å². The molecule has 1 aromatic heterocycles. The van der Waals surface area contributed by atoms with Crippen molar-refractivity contribution in [1.82, 2.24) is 0 Å². The molecule has 0 fully saturated rings. The van der Waals surface area contributed by atoms with Gasteiger partial charge in [-0.2, -0.15) is 0 Å². The van der Waals surface area contributed by atoms with Crippen molar-refractivity contribution in [3.8, 4) is 11.5 Å². The summed E-state index contributed by atoms with van der Waals surface area (Å²) in [6, 6.07) is 16.2. The number of rotatable bonds is 12. The minimum atomic E-state index is -3.67. The Labute approximate surface area is 277 Å². The van der Waals surface area contributed by atoms with Crippen LogP contribution in [0.1, 0.15) is 27.7 Å². The second-order valence-corrected chi connectivity index (χ2v) is 8.92. The van der Waals surface area contributed by atoms with Crippen LogP contribution in [0, 0.1) is 0 Å². The van der Waals surface area contributed by atoms with Crippen molar-refractivity contribution in [1.29, 1.82) is 0 Å². The van der Waals surface area contributed by atoms with Crippen molar-refractivity contribution in [3.05, 3.63) is 53.9 Å². The summed E-state index contributed by atoms with van der Waals surface area (Å²) in [6.07, 6.45) is -0.138. The Bertz CT molecular complexity index is 998. The van der Waals surface area contributed by atoms with Gasteiger partial charge >= 0.3 is 37.1 Å². The van der Waals surface area contributed by atoms with Gasteiger partial charge in [0.15, 0.2) is 6.29 Å². The SMILES string of the molecule is CCOC(CSc1cccc(OC)c1)OCC.CCOCC.COc1ccc2ccsc2c1.FB(F)F.O=CO[O-].[Na+]. The molecule has 0 saturated heterocycles. The van der Waals surface area contributed by atoms with E-state index in [2.05, 4.69) is 34.5 Å². The summed E-state index contributed by atoms with van der Waals surface area (Å²) < 4.78 is 56.4. The summed E-state index contributed by atoms with van der Waals surface area (Å²) in [4.78, 5) is 12.4. The first-order valence-electron chi connectivity index (χ1n) is 12.5. The third kappa shape index (κ3) is 26.2. The number of thioether (sulfide) groups is 1. The molecule has 232 valence electrons. The summed E-state index contributed by atoms with van der Waals surface area (Å²) in [5.41, 5.74) is 0. The minimum absolute atomic E-state index is 0. The molecule has 8 nitrogen and oxygen atoms in total. The molecule has 0 bridgehead atoms. The monoisotopic (exact) mass is 646 g/mol. The third-order valence-electron chi connectivity index (χ3n) is 4.24. The molecule has 0 saturated carbocycles. The molecule has 0 atom stereocenters. The average Bonchev–Trinajstić information content (AvgIpc) is 3.45. The van der Waals surface area contributed by atoms with Gasteiger partial charge in [-0.05, 0) is 80.9 Å². The Morgan fingerprint density at radius 3 is 1.90 bits per heavy atom. The van der Waals surface area contributed by atoms with Gasteiger partial charge in [-0.25, -0.2) is 0 Å². The Morgan fingerprint density at radius 2 is 1.45 bits per heavy atom. The van der Waals surface area contributed by atoms with E-state index in [1.807, 2.05) is 52.0 Å². The summed E-state index contributed by atoms with van der Waals surface area (Å²) in [7, 11) is -0.304. The van der Waals surface area contributed by atoms with E-state index in [1.54, 1.807) is 37.3 Å². The molecule has 2 aromatic carbocycles. The molecule has 0 aliphatic carbocycles. The van der Waals surface area contributed by atoms with Crippen LogP contribution in [0.2, 0.25) is 0 Å². The van der Waals surface area contributed by atoms with Crippen LogP contribution >= 0.6 is 23.1 Å². The summed E-state index contributed by atoms with van der Waals surface area (Å²) in [6.45, 7) is 10.8. The zero-order chi connectivity index (χ0) is 31.3. The van der Waals surface area contributed by atoms with Crippen LogP contribution in [-0.2, 0) is 23.9 Å². The standard InChI is InChI=1S/C13H20O3S.C9H8OS.C4H10O.CH2O3.BF3.Na/c1-4-15-13(16-5-2)10-17-12-8-6-7-11(9-12)14-3;1-10-8-3-2-7-4-5-11-9(7)6-8;1-3-5-4-2;2-1-4-3;2-1(3)4;/h6-9,13H,4-5,10H2,1-3H3;2-6H,1H3;3-4H2,1-2H3;1,3H;;/q;;;;;+1/p-1. The molecule has 15 heteroatoms. The van der Waals surface area contributed by atoms with Gasteiger partial charge in [-0.15, -0.1) is 23.1 Å². The summed E-state index contributed by atoms with van der Waals surface area (Å²) in [5, 5.41) is 11.8. The van der Waals surface area contributed by atoms with E-state index in [1.165, 1.54) is 10.1 Å². The number of carbonyl (C=O) groups is 1. The quantitative estimate of drug-likeness (QED) is 0.0733. The Hall–Kier alpha value is -1.49. The summed E-state index contributed by atoms with van der Waals surface area (Å²) >= 11 is 3.44. The molecule has 3 rings (SSSR count). The van der Waals surface area contributed by atoms with Gasteiger partial charge in [-0.3, -0.25) is 17.7 Å². The molecule has 1 heterocycles.